The number of hydrogen-bond acceptors (Lipinski definition) is 3. The summed E-state index contributed by atoms with van der Waals surface area (Å²) in [6, 6.07) is 4.07. The third-order valence-electron chi connectivity index (χ3n) is 2.50. The highest BCUT2D eigenvalue weighted by atomic mass is 79.9. The van der Waals surface area contributed by atoms with Crippen LogP contribution in [0.5, 0.6) is 0 Å². The van der Waals surface area contributed by atoms with Crippen LogP contribution in [0.3, 0.4) is 0 Å². The monoisotopic (exact) mass is 302 g/mol. The smallest absolute Gasteiger partial charge is 0.0960 e. The average molecular weight is 303 g/mol. The zero-order valence-electron chi connectivity index (χ0n) is 9.87. The quantitative estimate of drug-likeness (QED) is 0.643. The molecule has 0 radical (unpaired) electrons. The molecule has 0 bridgehead atoms. The molecule has 0 saturated carbocycles. The Morgan fingerprint density at radius 1 is 1.44 bits per heavy atom. The molecule has 0 saturated heterocycles. The topological polar surface area (TPSA) is 38.9 Å². The number of thioether (sulfide) groups is 1. The molecule has 0 amide bonds. The minimum absolute atomic E-state index is 0.272. The van der Waals surface area contributed by atoms with Gasteiger partial charge < -0.3 is 5.73 Å². The fraction of sp³-hybridized carbons (Fsp3) is 0.583. The van der Waals surface area contributed by atoms with Gasteiger partial charge in [-0.2, -0.15) is 0 Å². The minimum Gasteiger partial charge on any atom is -0.330 e. The van der Waals surface area contributed by atoms with Crippen LogP contribution >= 0.6 is 27.7 Å². The van der Waals surface area contributed by atoms with Crippen LogP contribution in [0.25, 0.3) is 0 Å². The minimum atomic E-state index is 0.272. The normalized spacial score (nSPS) is 11.8. The van der Waals surface area contributed by atoms with E-state index in [1.165, 1.54) is 12.8 Å². The summed E-state index contributed by atoms with van der Waals surface area (Å²) in [4.78, 5) is 4.32. The van der Waals surface area contributed by atoms with Crippen LogP contribution < -0.4 is 5.73 Å². The Morgan fingerprint density at radius 3 is 2.75 bits per heavy atom. The number of aromatic nitrogens is 1. The molecule has 0 aromatic carbocycles. The zero-order valence-corrected chi connectivity index (χ0v) is 12.3. The maximum Gasteiger partial charge on any atom is 0.0960 e. The molecule has 4 heteroatoms. The first-order valence-electron chi connectivity index (χ1n) is 5.48. The molecule has 0 atom stereocenters. The fourth-order valence-corrected chi connectivity index (χ4v) is 2.30. The van der Waals surface area contributed by atoms with Gasteiger partial charge in [-0.3, -0.25) is 0 Å². The predicted octanol–water partition coefficient (Wildman–Crippen LogP) is 3.70. The van der Waals surface area contributed by atoms with Crippen molar-refractivity contribution in [2.24, 2.45) is 11.1 Å². The SMILES string of the molecule is CC(C)(CN)CCCSc1ccc(Br)cn1. The lowest BCUT2D eigenvalue weighted by atomic mass is 9.88. The largest absolute Gasteiger partial charge is 0.330 e. The van der Waals surface area contributed by atoms with Gasteiger partial charge in [-0.1, -0.05) is 13.8 Å². The molecular weight excluding hydrogens is 284 g/mol. The van der Waals surface area contributed by atoms with Gasteiger partial charge in [0.25, 0.3) is 0 Å². The van der Waals surface area contributed by atoms with E-state index in [-0.39, 0.29) is 5.41 Å². The van der Waals surface area contributed by atoms with E-state index >= 15 is 0 Å². The molecule has 2 nitrogen and oxygen atoms in total. The average Bonchev–Trinajstić information content (AvgIpc) is 2.27. The van der Waals surface area contributed by atoms with Gasteiger partial charge in [-0.05, 0) is 58.6 Å². The molecule has 16 heavy (non-hydrogen) atoms. The van der Waals surface area contributed by atoms with Crippen molar-refractivity contribution >= 4 is 27.7 Å². The number of rotatable bonds is 6. The van der Waals surface area contributed by atoms with Gasteiger partial charge in [0.15, 0.2) is 0 Å². The lowest BCUT2D eigenvalue weighted by Crippen LogP contribution is -2.23. The Hall–Kier alpha value is -0.0600. The van der Waals surface area contributed by atoms with Crippen molar-refractivity contribution in [1.29, 1.82) is 0 Å². The second-order valence-corrected chi connectivity index (χ2v) is 6.67. The molecule has 1 aromatic heterocycles. The van der Waals surface area contributed by atoms with E-state index in [9.17, 15) is 0 Å². The highest BCUT2D eigenvalue weighted by Gasteiger charge is 2.14. The van der Waals surface area contributed by atoms with Crippen molar-refractivity contribution in [3.8, 4) is 0 Å². The van der Waals surface area contributed by atoms with Crippen molar-refractivity contribution in [3.05, 3.63) is 22.8 Å². The van der Waals surface area contributed by atoms with E-state index < -0.39 is 0 Å². The van der Waals surface area contributed by atoms with Crippen molar-refractivity contribution in [1.82, 2.24) is 4.98 Å². The zero-order chi connectivity index (χ0) is 12.0. The van der Waals surface area contributed by atoms with Crippen LogP contribution in [0, 0.1) is 5.41 Å². The van der Waals surface area contributed by atoms with Gasteiger partial charge in [0.1, 0.15) is 0 Å². The van der Waals surface area contributed by atoms with Crippen LogP contribution in [0.15, 0.2) is 27.8 Å². The summed E-state index contributed by atoms with van der Waals surface area (Å²) in [5.41, 5.74) is 5.96. The van der Waals surface area contributed by atoms with Crippen molar-refractivity contribution in [2.75, 3.05) is 12.3 Å². The van der Waals surface area contributed by atoms with Crippen LogP contribution in [-0.4, -0.2) is 17.3 Å². The summed E-state index contributed by atoms with van der Waals surface area (Å²) in [6.45, 7) is 5.19. The molecule has 0 aliphatic rings. The molecule has 0 unspecified atom stereocenters. The van der Waals surface area contributed by atoms with Crippen LogP contribution in [-0.2, 0) is 0 Å². The van der Waals surface area contributed by atoms with E-state index in [0.29, 0.717) is 0 Å². The number of nitrogens with two attached hydrogens (primary N) is 1. The molecule has 2 N–H and O–H groups in total. The number of halogens is 1. The Kier molecular flexibility index (Phi) is 5.79. The predicted molar refractivity (Wildman–Crippen MR) is 74.7 cm³/mol. The van der Waals surface area contributed by atoms with Gasteiger partial charge in [0.05, 0.1) is 5.03 Å². The van der Waals surface area contributed by atoms with Gasteiger partial charge in [-0.25, -0.2) is 4.98 Å². The Morgan fingerprint density at radius 2 is 2.19 bits per heavy atom. The van der Waals surface area contributed by atoms with Gasteiger partial charge in [0, 0.05) is 10.7 Å². The first-order chi connectivity index (χ1) is 7.53. The highest BCUT2D eigenvalue weighted by Crippen LogP contribution is 2.24. The standard InChI is InChI=1S/C12H19BrN2S/c1-12(2,9-14)6-3-7-16-11-5-4-10(13)8-15-11/h4-5,8H,3,6-7,9,14H2,1-2H3. The molecule has 0 aliphatic carbocycles. The summed E-state index contributed by atoms with van der Waals surface area (Å²) in [7, 11) is 0. The lowest BCUT2D eigenvalue weighted by molar-refractivity contribution is 0.345. The molecule has 0 aliphatic heterocycles. The van der Waals surface area contributed by atoms with Gasteiger partial charge >= 0.3 is 0 Å². The van der Waals surface area contributed by atoms with Crippen LogP contribution in [0.4, 0.5) is 0 Å². The first kappa shape index (κ1) is 14.0. The van der Waals surface area contributed by atoms with E-state index in [4.69, 9.17) is 5.73 Å². The second kappa shape index (κ2) is 6.62. The van der Waals surface area contributed by atoms with Crippen molar-refractivity contribution in [3.63, 3.8) is 0 Å². The van der Waals surface area contributed by atoms with Crippen molar-refractivity contribution < 1.29 is 0 Å². The fourth-order valence-electron chi connectivity index (χ4n) is 1.28. The third kappa shape index (κ3) is 5.32. The molecule has 1 aromatic rings. The van der Waals surface area contributed by atoms with E-state index in [2.05, 4.69) is 34.8 Å². The number of nitrogens with zero attached hydrogens (tertiary/aromatic N) is 1. The lowest BCUT2D eigenvalue weighted by Gasteiger charge is -2.21. The summed E-state index contributed by atoms with van der Waals surface area (Å²) in [5, 5.41) is 1.09. The van der Waals surface area contributed by atoms with Gasteiger partial charge in [-0.15, -0.1) is 11.8 Å². The molecule has 1 heterocycles. The molecule has 0 spiro atoms. The summed E-state index contributed by atoms with van der Waals surface area (Å²) in [6.07, 6.45) is 4.20. The summed E-state index contributed by atoms with van der Waals surface area (Å²) < 4.78 is 1.03. The summed E-state index contributed by atoms with van der Waals surface area (Å²) >= 11 is 5.18. The van der Waals surface area contributed by atoms with E-state index in [1.54, 1.807) is 0 Å². The second-order valence-electron chi connectivity index (χ2n) is 4.64. The molecule has 0 fully saturated rings. The summed E-state index contributed by atoms with van der Waals surface area (Å²) in [5.74, 6) is 1.11. The highest BCUT2D eigenvalue weighted by molar-refractivity contribution is 9.10. The molecular formula is C12H19BrN2S. The number of hydrogen-bond donors (Lipinski definition) is 1. The molecule has 1 rings (SSSR count). The number of pyridine rings is 1. The maximum atomic E-state index is 5.69. The Bertz CT molecular complexity index is 311. The van der Waals surface area contributed by atoms with E-state index in [0.717, 1.165) is 21.8 Å². The van der Waals surface area contributed by atoms with Crippen LogP contribution in [0.2, 0.25) is 0 Å². The van der Waals surface area contributed by atoms with E-state index in [1.807, 2.05) is 30.1 Å². The molecule has 90 valence electrons. The Labute approximate surface area is 111 Å². The third-order valence-corrected chi connectivity index (χ3v) is 4.00. The maximum absolute atomic E-state index is 5.69. The van der Waals surface area contributed by atoms with Gasteiger partial charge in [0.2, 0.25) is 0 Å². The Balaban J connectivity index is 2.23. The van der Waals surface area contributed by atoms with Crippen molar-refractivity contribution in [2.45, 2.75) is 31.7 Å². The van der Waals surface area contributed by atoms with Crippen LogP contribution in [0.1, 0.15) is 26.7 Å². The first-order valence-corrected chi connectivity index (χ1v) is 7.26.